The molecule has 0 aliphatic carbocycles. The molecule has 20 heavy (non-hydrogen) atoms. The van der Waals surface area contributed by atoms with Gasteiger partial charge in [-0.15, -0.1) is 0 Å². The normalized spacial score (nSPS) is 12.7. The van der Waals surface area contributed by atoms with E-state index in [0.717, 1.165) is 35.6 Å². The number of para-hydroxylation sites is 1. The summed E-state index contributed by atoms with van der Waals surface area (Å²) in [5.74, 6) is 1.44. The predicted octanol–water partition coefficient (Wildman–Crippen LogP) is 2.89. The van der Waals surface area contributed by atoms with E-state index in [4.69, 9.17) is 9.47 Å². The van der Waals surface area contributed by atoms with Crippen LogP contribution in [-0.4, -0.2) is 13.3 Å². The van der Waals surface area contributed by atoms with Gasteiger partial charge in [0.1, 0.15) is 5.82 Å². The first-order valence-corrected chi connectivity index (χ1v) is 6.65. The van der Waals surface area contributed by atoms with Gasteiger partial charge in [0.25, 0.3) is 0 Å². The maximum atomic E-state index is 13.0. The molecule has 2 aromatic carbocycles. The summed E-state index contributed by atoms with van der Waals surface area (Å²) < 4.78 is 23.8. The number of nitrogens with one attached hydrogen (secondary N) is 1. The number of ether oxygens (including phenoxy) is 2. The summed E-state index contributed by atoms with van der Waals surface area (Å²) in [4.78, 5) is 0. The van der Waals surface area contributed by atoms with Gasteiger partial charge in [-0.25, -0.2) is 4.39 Å². The standard InChI is InChI=1S/C16H16FNO2/c17-14-5-1-3-12(9-14)7-8-18-10-13-4-2-6-15-16(13)20-11-19-15/h1-6,9,18H,7-8,10-11H2. The minimum Gasteiger partial charge on any atom is -0.454 e. The van der Waals surface area contributed by atoms with E-state index in [2.05, 4.69) is 5.32 Å². The SMILES string of the molecule is Fc1cccc(CCNCc2cccc3c2OCO3)c1. The maximum Gasteiger partial charge on any atom is 0.231 e. The van der Waals surface area contributed by atoms with Crippen LogP contribution in [0, 0.1) is 5.82 Å². The van der Waals surface area contributed by atoms with E-state index in [1.165, 1.54) is 6.07 Å². The summed E-state index contributed by atoms with van der Waals surface area (Å²) in [5, 5.41) is 3.34. The molecule has 0 saturated heterocycles. The van der Waals surface area contributed by atoms with Crippen LogP contribution in [0.2, 0.25) is 0 Å². The van der Waals surface area contributed by atoms with Gasteiger partial charge in [-0.1, -0.05) is 24.3 Å². The minimum atomic E-state index is -0.186. The first-order chi connectivity index (χ1) is 9.83. The van der Waals surface area contributed by atoms with Crippen LogP contribution in [0.5, 0.6) is 11.5 Å². The van der Waals surface area contributed by atoms with E-state index in [0.29, 0.717) is 6.54 Å². The van der Waals surface area contributed by atoms with Crippen molar-refractivity contribution < 1.29 is 13.9 Å². The molecule has 2 aromatic rings. The lowest BCUT2D eigenvalue weighted by Gasteiger charge is -2.08. The van der Waals surface area contributed by atoms with Gasteiger partial charge in [-0.2, -0.15) is 0 Å². The number of fused-ring (bicyclic) bond motifs is 1. The van der Waals surface area contributed by atoms with Gasteiger partial charge in [-0.05, 0) is 36.7 Å². The highest BCUT2D eigenvalue weighted by Gasteiger charge is 2.16. The highest BCUT2D eigenvalue weighted by molar-refractivity contribution is 5.48. The predicted molar refractivity (Wildman–Crippen MR) is 74.4 cm³/mol. The molecule has 0 amide bonds. The Morgan fingerprint density at radius 3 is 2.90 bits per heavy atom. The summed E-state index contributed by atoms with van der Waals surface area (Å²) in [6.45, 7) is 1.78. The van der Waals surface area contributed by atoms with E-state index in [9.17, 15) is 4.39 Å². The second-order valence-corrected chi connectivity index (χ2v) is 4.71. The number of rotatable bonds is 5. The molecule has 3 nitrogen and oxygen atoms in total. The molecule has 3 rings (SSSR count). The lowest BCUT2D eigenvalue weighted by atomic mass is 10.1. The lowest BCUT2D eigenvalue weighted by molar-refractivity contribution is 0.173. The average molecular weight is 273 g/mol. The third-order valence-electron chi connectivity index (χ3n) is 3.27. The molecule has 0 saturated carbocycles. The van der Waals surface area contributed by atoms with Crippen LogP contribution < -0.4 is 14.8 Å². The number of hydrogen-bond acceptors (Lipinski definition) is 3. The zero-order valence-corrected chi connectivity index (χ0v) is 11.1. The second-order valence-electron chi connectivity index (χ2n) is 4.71. The molecule has 0 fully saturated rings. The van der Waals surface area contributed by atoms with Crippen molar-refractivity contribution in [3.05, 3.63) is 59.4 Å². The Bertz CT molecular complexity index is 601. The van der Waals surface area contributed by atoms with Crippen molar-refractivity contribution in [3.63, 3.8) is 0 Å². The van der Waals surface area contributed by atoms with Crippen LogP contribution in [0.3, 0.4) is 0 Å². The van der Waals surface area contributed by atoms with Gasteiger partial charge < -0.3 is 14.8 Å². The van der Waals surface area contributed by atoms with Gasteiger partial charge in [0, 0.05) is 12.1 Å². The van der Waals surface area contributed by atoms with Crippen molar-refractivity contribution in [2.75, 3.05) is 13.3 Å². The van der Waals surface area contributed by atoms with Gasteiger partial charge in [-0.3, -0.25) is 0 Å². The molecule has 0 atom stereocenters. The van der Waals surface area contributed by atoms with Crippen LogP contribution >= 0.6 is 0 Å². The quantitative estimate of drug-likeness (QED) is 0.850. The fraction of sp³-hybridized carbons (Fsp3) is 0.250. The van der Waals surface area contributed by atoms with Crippen LogP contribution in [-0.2, 0) is 13.0 Å². The Morgan fingerprint density at radius 2 is 2.00 bits per heavy atom. The summed E-state index contributed by atoms with van der Waals surface area (Å²) in [7, 11) is 0. The van der Waals surface area contributed by atoms with Crippen molar-refractivity contribution in [1.29, 1.82) is 0 Å². The van der Waals surface area contributed by atoms with Crippen LogP contribution in [0.25, 0.3) is 0 Å². The summed E-state index contributed by atoms with van der Waals surface area (Å²) >= 11 is 0. The van der Waals surface area contributed by atoms with Crippen LogP contribution in [0.15, 0.2) is 42.5 Å². The number of benzene rings is 2. The molecular formula is C16H16FNO2. The molecule has 1 aliphatic rings. The Labute approximate surface area is 117 Å². The van der Waals surface area contributed by atoms with Gasteiger partial charge in [0.05, 0.1) is 0 Å². The van der Waals surface area contributed by atoms with E-state index < -0.39 is 0 Å². The molecule has 104 valence electrons. The van der Waals surface area contributed by atoms with E-state index in [1.807, 2.05) is 24.3 Å². The average Bonchev–Trinajstić information content (AvgIpc) is 2.93. The first kappa shape index (κ1) is 12.9. The molecule has 1 aliphatic heterocycles. The zero-order valence-electron chi connectivity index (χ0n) is 11.1. The molecule has 0 spiro atoms. The monoisotopic (exact) mass is 273 g/mol. The van der Waals surface area contributed by atoms with E-state index in [1.54, 1.807) is 12.1 Å². The van der Waals surface area contributed by atoms with E-state index in [-0.39, 0.29) is 12.6 Å². The summed E-state index contributed by atoms with van der Waals surface area (Å²) in [5.41, 5.74) is 2.08. The van der Waals surface area contributed by atoms with Crippen molar-refractivity contribution in [2.45, 2.75) is 13.0 Å². The minimum absolute atomic E-state index is 0.186. The van der Waals surface area contributed by atoms with Crippen molar-refractivity contribution >= 4 is 0 Å². The topological polar surface area (TPSA) is 30.5 Å². The summed E-state index contributed by atoms with van der Waals surface area (Å²) in [6.07, 6.45) is 0.796. The molecule has 0 bridgehead atoms. The largest absolute Gasteiger partial charge is 0.454 e. The van der Waals surface area contributed by atoms with E-state index >= 15 is 0 Å². The molecule has 4 heteroatoms. The number of hydrogen-bond donors (Lipinski definition) is 1. The Balaban J connectivity index is 1.52. The maximum absolute atomic E-state index is 13.0. The highest BCUT2D eigenvalue weighted by Crippen LogP contribution is 2.35. The first-order valence-electron chi connectivity index (χ1n) is 6.65. The molecule has 1 N–H and O–H groups in total. The van der Waals surface area contributed by atoms with Gasteiger partial charge >= 0.3 is 0 Å². The molecule has 0 unspecified atom stereocenters. The fourth-order valence-electron chi connectivity index (χ4n) is 2.28. The molecule has 1 heterocycles. The van der Waals surface area contributed by atoms with Crippen molar-refractivity contribution in [1.82, 2.24) is 5.32 Å². The lowest BCUT2D eigenvalue weighted by Crippen LogP contribution is -2.17. The van der Waals surface area contributed by atoms with Crippen LogP contribution in [0.1, 0.15) is 11.1 Å². The van der Waals surface area contributed by atoms with Crippen molar-refractivity contribution in [3.8, 4) is 11.5 Å². The molecular weight excluding hydrogens is 257 g/mol. The number of halogens is 1. The van der Waals surface area contributed by atoms with Gasteiger partial charge in [0.2, 0.25) is 6.79 Å². The Kier molecular flexibility index (Phi) is 3.83. The second kappa shape index (κ2) is 5.92. The third-order valence-corrected chi connectivity index (χ3v) is 3.27. The molecule has 0 radical (unpaired) electrons. The fourth-order valence-corrected chi connectivity index (χ4v) is 2.28. The Morgan fingerprint density at radius 1 is 1.10 bits per heavy atom. The molecule has 0 aromatic heterocycles. The van der Waals surface area contributed by atoms with Crippen LogP contribution in [0.4, 0.5) is 4.39 Å². The Hall–Kier alpha value is -2.07. The van der Waals surface area contributed by atoms with Crippen molar-refractivity contribution in [2.24, 2.45) is 0 Å². The smallest absolute Gasteiger partial charge is 0.231 e. The highest BCUT2D eigenvalue weighted by atomic mass is 19.1. The third kappa shape index (κ3) is 2.91. The zero-order chi connectivity index (χ0) is 13.8. The van der Waals surface area contributed by atoms with Gasteiger partial charge in [0.15, 0.2) is 11.5 Å². The summed E-state index contributed by atoms with van der Waals surface area (Å²) in [6, 6.07) is 12.6.